The number of aromatic nitrogens is 2. The van der Waals surface area contributed by atoms with Gasteiger partial charge in [0.15, 0.2) is 0 Å². The van der Waals surface area contributed by atoms with Crippen molar-refractivity contribution < 1.29 is 4.79 Å². The Hall–Kier alpha value is -1.49. The quantitative estimate of drug-likeness (QED) is 0.768. The predicted octanol–water partition coefficient (Wildman–Crippen LogP) is 0.277. The molecule has 2 rings (SSSR count). The molecule has 5 nitrogen and oxygen atoms in total. The summed E-state index contributed by atoms with van der Waals surface area (Å²) in [7, 11) is 1.69. The lowest BCUT2D eigenvalue weighted by Gasteiger charge is -2.41. The number of carbonyl (C=O) groups excluding carboxylic acids is 1. The Balaban J connectivity index is 1.83. The summed E-state index contributed by atoms with van der Waals surface area (Å²) >= 11 is 0. The molecule has 0 unspecified atom stereocenters. The minimum Gasteiger partial charge on any atom is -0.358 e. The summed E-state index contributed by atoms with van der Waals surface area (Å²) in [5, 5.41) is 5.97. The molecule has 1 aromatic heterocycles. The minimum atomic E-state index is -0.336. The van der Waals surface area contributed by atoms with E-state index in [2.05, 4.69) is 20.6 Å². The van der Waals surface area contributed by atoms with E-state index in [4.69, 9.17) is 0 Å². The zero-order valence-corrected chi connectivity index (χ0v) is 10.1. The minimum absolute atomic E-state index is 0.0999. The van der Waals surface area contributed by atoms with Crippen molar-refractivity contribution in [3.8, 4) is 0 Å². The third kappa shape index (κ3) is 2.61. The SMILES string of the molecule is CNC(=O)[C@@]1(CCCc2cnccn2)CCN1. The molecule has 1 saturated heterocycles. The zero-order valence-electron chi connectivity index (χ0n) is 10.1. The van der Waals surface area contributed by atoms with E-state index in [9.17, 15) is 4.79 Å². The van der Waals surface area contributed by atoms with Crippen LogP contribution >= 0.6 is 0 Å². The van der Waals surface area contributed by atoms with Crippen LogP contribution in [-0.4, -0.2) is 35.0 Å². The van der Waals surface area contributed by atoms with Crippen LogP contribution in [0.3, 0.4) is 0 Å². The van der Waals surface area contributed by atoms with E-state index in [0.717, 1.165) is 37.9 Å². The highest BCUT2D eigenvalue weighted by atomic mass is 16.2. The number of hydrogen-bond acceptors (Lipinski definition) is 4. The lowest BCUT2D eigenvalue weighted by molar-refractivity contribution is -0.130. The van der Waals surface area contributed by atoms with Gasteiger partial charge in [-0.3, -0.25) is 14.8 Å². The molecule has 1 aromatic rings. The zero-order chi connectivity index (χ0) is 12.1. The maximum atomic E-state index is 11.8. The molecule has 0 aromatic carbocycles. The highest BCUT2D eigenvalue weighted by Gasteiger charge is 2.42. The third-order valence-electron chi connectivity index (χ3n) is 3.33. The van der Waals surface area contributed by atoms with Gasteiger partial charge < -0.3 is 10.6 Å². The average Bonchev–Trinajstić information content (AvgIpc) is 2.33. The second-order valence-electron chi connectivity index (χ2n) is 4.39. The van der Waals surface area contributed by atoms with Crippen LogP contribution in [0, 0.1) is 0 Å². The molecule has 5 heteroatoms. The largest absolute Gasteiger partial charge is 0.358 e. The van der Waals surface area contributed by atoms with Crippen molar-refractivity contribution in [1.82, 2.24) is 20.6 Å². The van der Waals surface area contributed by atoms with Gasteiger partial charge >= 0.3 is 0 Å². The van der Waals surface area contributed by atoms with Gasteiger partial charge in [-0.2, -0.15) is 0 Å². The summed E-state index contributed by atoms with van der Waals surface area (Å²) in [6.45, 7) is 0.929. The van der Waals surface area contributed by atoms with E-state index in [0.29, 0.717) is 0 Å². The van der Waals surface area contributed by atoms with Crippen LogP contribution in [0.15, 0.2) is 18.6 Å². The van der Waals surface area contributed by atoms with Crippen LogP contribution in [-0.2, 0) is 11.2 Å². The van der Waals surface area contributed by atoms with Crippen molar-refractivity contribution in [2.75, 3.05) is 13.6 Å². The molecule has 0 spiro atoms. The van der Waals surface area contributed by atoms with Crippen LogP contribution < -0.4 is 10.6 Å². The van der Waals surface area contributed by atoms with Crippen molar-refractivity contribution in [2.24, 2.45) is 0 Å². The van der Waals surface area contributed by atoms with Crippen LogP contribution in [0.2, 0.25) is 0 Å². The molecule has 2 N–H and O–H groups in total. The van der Waals surface area contributed by atoms with Crippen LogP contribution in [0.1, 0.15) is 25.0 Å². The van der Waals surface area contributed by atoms with Gasteiger partial charge in [0.1, 0.15) is 0 Å². The molecular weight excluding hydrogens is 216 g/mol. The van der Waals surface area contributed by atoms with Crippen molar-refractivity contribution in [1.29, 1.82) is 0 Å². The fourth-order valence-electron chi connectivity index (χ4n) is 2.22. The first-order chi connectivity index (χ1) is 8.27. The van der Waals surface area contributed by atoms with Gasteiger partial charge in [0.05, 0.1) is 11.2 Å². The average molecular weight is 234 g/mol. The van der Waals surface area contributed by atoms with E-state index in [1.54, 1.807) is 25.6 Å². The normalized spacial score (nSPS) is 22.9. The second-order valence-corrected chi connectivity index (χ2v) is 4.39. The topological polar surface area (TPSA) is 66.9 Å². The molecule has 0 bridgehead atoms. The molecule has 2 heterocycles. The van der Waals surface area contributed by atoms with Gasteiger partial charge in [0, 0.05) is 25.6 Å². The monoisotopic (exact) mass is 234 g/mol. The molecule has 92 valence electrons. The molecule has 0 saturated carbocycles. The second kappa shape index (κ2) is 5.23. The molecule has 0 radical (unpaired) electrons. The van der Waals surface area contributed by atoms with Crippen LogP contribution in [0.25, 0.3) is 0 Å². The number of likely N-dealkylation sites (N-methyl/N-ethyl adjacent to an activating group) is 1. The Morgan fingerprint density at radius 2 is 2.41 bits per heavy atom. The van der Waals surface area contributed by atoms with Gasteiger partial charge in [0.25, 0.3) is 0 Å². The fraction of sp³-hybridized carbons (Fsp3) is 0.583. The number of hydrogen-bond donors (Lipinski definition) is 2. The number of rotatable bonds is 5. The molecule has 1 amide bonds. The van der Waals surface area contributed by atoms with Crippen molar-refractivity contribution in [3.05, 3.63) is 24.3 Å². The van der Waals surface area contributed by atoms with Gasteiger partial charge in [-0.1, -0.05) is 0 Å². The summed E-state index contributed by atoms with van der Waals surface area (Å²) < 4.78 is 0. The van der Waals surface area contributed by atoms with E-state index in [1.807, 2.05) is 0 Å². The molecule has 17 heavy (non-hydrogen) atoms. The highest BCUT2D eigenvalue weighted by molar-refractivity contribution is 5.87. The summed E-state index contributed by atoms with van der Waals surface area (Å²) in [6.07, 6.45) is 8.74. The summed E-state index contributed by atoms with van der Waals surface area (Å²) in [6, 6.07) is 0. The van der Waals surface area contributed by atoms with Crippen LogP contribution in [0.4, 0.5) is 0 Å². The molecule has 1 aliphatic rings. The third-order valence-corrected chi connectivity index (χ3v) is 3.33. The van der Waals surface area contributed by atoms with Gasteiger partial charge in [-0.25, -0.2) is 0 Å². The van der Waals surface area contributed by atoms with E-state index < -0.39 is 0 Å². The fourth-order valence-corrected chi connectivity index (χ4v) is 2.22. The molecule has 0 aliphatic carbocycles. The van der Waals surface area contributed by atoms with E-state index in [1.165, 1.54) is 0 Å². The van der Waals surface area contributed by atoms with E-state index >= 15 is 0 Å². The standard InChI is InChI=1S/C12H18N4O/c1-13-11(17)12(5-6-16-12)4-2-3-10-9-14-7-8-15-10/h7-9,16H,2-6H2,1H3,(H,13,17)/t12-/m1/s1. The van der Waals surface area contributed by atoms with Crippen molar-refractivity contribution in [2.45, 2.75) is 31.2 Å². The molecule has 1 fully saturated rings. The van der Waals surface area contributed by atoms with Gasteiger partial charge in [0.2, 0.25) is 5.91 Å². The Morgan fingerprint density at radius 3 is 2.94 bits per heavy atom. The highest BCUT2D eigenvalue weighted by Crippen LogP contribution is 2.25. The predicted molar refractivity (Wildman–Crippen MR) is 64.4 cm³/mol. The first-order valence-electron chi connectivity index (χ1n) is 5.99. The first kappa shape index (κ1) is 12.0. The van der Waals surface area contributed by atoms with Crippen LogP contribution in [0.5, 0.6) is 0 Å². The van der Waals surface area contributed by atoms with E-state index in [-0.39, 0.29) is 11.4 Å². The smallest absolute Gasteiger partial charge is 0.240 e. The molecule has 1 atom stereocenters. The number of nitrogens with zero attached hydrogens (tertiary/aromatic N) is 2. The lowest BCUT2D eigenvalue weighted by atomic mass is 9.82. The summed E-state index contributed by atoms with van der Waals surface area (Å²) in [5.41, 5.74) is 0.649. The van der Waals surface area contributed by atoms with Gasteiger partial charge in [-0.15, -0.1) is 0 Å². The maximum Gasteiger partial charge on any atom is 0.240 e. The van der Waals surface area contributed by atoms with Crippen molar-refractivity contribution in [3.63, 3.8) is 0 Å². The maximum absolute atomic E-state index is 11.8. The Morgan fingerprint density at radius 1 is 1.59 bits per heavy atom. The Labute approximate surface area is 101 Å². The molecule has 1 aliphatic heterocycles. The summed E-state index contributed by atoms with van der Waals surface area (Å²) in [4.78, 5) is 20.0. The van der Waals surface area contributed by atoms with Crippen molar-refractivity contribution >= 4 is 5.91 Å². The summed E-state index contributed by atoms with van der Waals surface area (Å²) in [5.74, 6) is 0.0999. The van der Waals surface area contributed by atoms with Gasteiger partial charge in [-0.05, 0) is 32.2 Å². The molecular formula is C12H18N4O. The number of nitrogens with one attached hydrogen (secondary N) is 2. The number of aryl methyl sites for hydroxylation is 1. The number of carbonyl (C=O) groups is 1. The lowest BCUT2D eigenvalue weighted by Crippen LogP contribution is -2.65. The first-order valence-corrected chi connectivity index (χ1v) is 5.99. The number of amides is 1. The Bertz CT molecular complexity index is 375. The Kier molecular flexibility index (Phi) is 3.68.